The second-order valence-electron chi connectivity index (χ2n) is 7.95. The number of aryl methyl sites for hydroxylation is 1. The van der Waals surface area contributed by atoms with E-state index in [9.17, 15) is 9.59 Å². The molecule has 0 spiro atoms. The summed E-state index contributed by atoms with van der Waals surface area (Å²) >= 11 is 6.09. The van der Waals surface area contributed by atoms with Gasteiger partial charge in [0.2, 0.25) is 11.8 Å². The van der Waals surface area contributed by atoms with Gasteiger partial charge in [0.15, 0.2) is 0 Å². The van der Waals surface area contributed by atoms with Crippen LogP contribution in [0.4, 0.5) is 5.69 Å². The van der Waals surface area contributed by atoms with Crippen LogP contribution in [0.1, 0.15) is 17.5 Å². The first-order chi connectivity index (χ1) is 14.0. The Hall–Kier alpha value is -2.53. The molecule has 1 unspecified atom stereocenters. The van der Waals surface area contributed by atoms with Crippen molar-refractivity contribution in [3.05, 3.63) is 64.7 Å². The molecular weight excluding hydrogens is 386 g/mol. The molecule has 2 amide bonds. The van der Waals surface area contributed by atoms with E-state index in [2.05, 4.69) is 17.0 Å². The molecule has 5 nitrogen and oxygen atoms in total. The number of anilines is 1. The minimum absolute atomic E-state index is 0.0708. The molecule has 2 heterocycles. The van der Waals surface area contributed by atoms with Gasteiger partial charge in [-0.3, -0.25) is 9.59 Å². The molecule has 0 saturated carbocycles. The number of amides is 2. The highest BCUT2D eigenvalue weighted by Gasteiger charge is 2.37. The molecule has 2 aromatic carbocycles. The predicted octanol–water partition coefficient (Wildman–Crippen LogP) is 3.35. The van der Waals surface area contributed by atoms with Gasteiger partial charge in [0, 0.05) is 56.4 Å². The smallest absolute Gasteiger partial charge is 0.228 e. The van der Waals surface area contributed by atoms with E-state index in [1.165, 1.54) is 5.56 Å². The van der Waals surface area contributed by atoms with Crippen molar-refractivity contribution in [1.29, 1.82) is 0 Å². The highest BCUT2D eigenvalue weighted by Crippen LogP contribution is 2.25. The Morgan fingerprint density at radius 3 is 2.48 bits per heavy atom. The number of nitrogens with zero attached hydrogens (tertiary/aromatic N) is 3. The highest BCUT2D eigenvalue weighted by molar-refractivity contribution is 6.30. The average Bonchev–Trinajstić information content (AvgIpc) is 3.09. The molecule has 2 aliphatic rings. The molecule has 1 atom stereocenters. The van der Waals surface area contributed by atoms with Gasteiger partial charge in [-0.1, -0.05) is 47.5 Å². The quantitative estimate of drug-likeness (QED) is 0.775. The Kier molecular flexibility index (Phi) is 5.76. The lowest BCUT2D eigenvalue weighted by Gasteiger charge is -2.37. The maximum absolute atomic E-state index is 13.0. The fourth-order valence-corrected chi connectivity index (χ4v) is 4.30. The number of rotatable bonds is 4. The van der Waals surface area contributed by atoms with Crippen LogP contribution in [-0.2, 0) is 16.1 Å². The largest absolute Gasteiger partial charge is 0.368 e. The summed E-state index contributed by atoms with van der Waals surface area (Å²) in [4.78, 5) is 31.4. The zero-order valence-corrected chi connectivity index (χ0v) is 17.4. The molecule has 2 saturated heterocycles. The van der Waals surface area contributed by atoms with E-state index in [0.29, 0.717) is 32.6 Å². The molecule has 2 aliphatic heterocycles. The SMILES string of the molecule is Cc1ccc(CN2CC(C(=O)N3CCN(c4cccc(Cl)c4)CC3)CC2=O)cc1. The molecule has 0 N–H and O–H groups in total. The zero-order chi connectivity index (χ0) is 20.4. The number of carbonyl (C=O) groups is 2. The normalized spacial score (nSPS) is 19.7. The molecule has 0 radical (unpaired) electrons. The van der Waals surface area contributed by atoms with Crippen LogP contribution in [0.5, 0.6) is 0 Å². The van der Waals surface area contributed by atoms with E-state index < -0.39 is 0 Å². The van der Waals surface area contributed by atoms with Crippen LogP contribution >= 0.6 is 11.6 Å². The predicted molar refractivity (Wildman–Crippen MR) is 115 cm³/mol. The molecule has 0 aliphatic carbocycles. The van der Waals surface area contributed by atoms with Crippen molar-refractivity contribution >= 4 is 29.1 Å². The Balaban J connectivity index is 1.32. The van der Waals surface area contributed by atoms with Crippen molar-refractivity contribution in [2.45, 2.75) is 19.9 Å². The van der Waals surface area contributed by atoms with Crippen LogP contribution in [0.15, 0.2) is 48.5 Å². The molecule has 0 bridgehead atoms. The third kappa shape index (κ3) is 4.56. The van der Waals surface area contributed by atoms with E-state index in [1.807, 2.05) is 53.1 Å². The van der Waals surface area contributed by atoms with Crippen molar-refractivity contribution in [3.8, 4) is 0 Å². The second-order valence-corrected chi connectivity index (χ2v) is 8.39. The Labute approximate surface area is 176 Å². The minimum atomic E-state index is -0.231. The third-order valence-electron chi connectivity index (χ3n) is 5.82. The summed E-state index contributed by atoms with van der Waals surface area (Å²) in [5.74, 6) is -0.0531. The van der Waals surface area contributed by atoms with Gasteiger partial charge in [-0.25, -0.2) is 0 Å². The lowest BCUT2D eigenvalue weighted by molar-refractivity contribution is -0.136. The van der Waals surface area contributed by atoms with Gasteiger partial charge in [-0.05, 0) is 30.7 Å². The van der Waals surface area contributed by atoms with Crippen molar-refractivity contribution in [1.82, 2.24) is 9.80 Å². The molecule has 6 heteroatoms. The lowest BCUT2D eigenvalue weighted by Crippen LogP contribution is -2.50. The minimum Gasteiger partial charge on any atom is -0.368 e. The number of halogens is 1. The molecular formula is C23H26ClN3O2. The third-order valence-corrected chi connectivity index (χ3v) is 6.06. The summed E-state index contributed by atoms with van der Waals surface area (Å²) in [6.45, 7) is 6.04. The maximum atomic E-state index is 13.0. The van der Waals surface area contributed by atoms with Crippen LogP contribution < -0.4 is 4.90 Å². The van der Waals surface area contributed by atoms with Gasteiger partial charge >= 0.3 is 0 Å². The molecule has 0 aromatic heterocycles. The summed E-state index contributed by atoms with van der Waals surface area (Å²) in [5, 5.41) is 0.721. The Bertz CT molecular complexity index is 891. The first-order valence-corrected chi connectivity index (χ1v) is 10.5. The maximum Gasteiger partial charge on any atom is 0.228 e. The fraction of sp³-hybridized carbons (Fsp3) is 0.391. The highest BCUT2D eigenvalue weighted by atomic mass is 35.5. The van der Waals surface area contributed by atoms with Gasteiger partial charge in [-0.2, -0.15) is 0 Å². The van der Waals surface area contributed by atoms with Gasteiger partial charge < -0.3 is 14.7 Å². The monoisotopic (exact) mass is 411 g/mol. The number of likely N-dealkylation sites (tertiary alicyclic amines) is 1. The molecule has 29 heavy (non-hydrogen) atoms. The molecule has 152 valence electrons. The van der Waals surface area contributed by atoms with E-state index in [1.54, 1.807) is 0 Å². The Morgan fingerprint density at radius 1 is 1.07 bits per heavy atom. The van der Waals surface area contributed by atoms with Crippen molar-refractivity contribution < 1.29 is 9.59 Å². The number of hydrogen-bond donors (Lipinski definition) is 0. The van der Waals surface area contributed by atoms with Gasteiger partial charge in [0.25, 0.3) is 0 Å². The zero-order valence-electron chi connectivity index (χ0n) is 16.7. The number of hydrogen-bond acceptors (Lipinski definition) is 3. The van der Waals surface area contributed by atoms with E-state index in [4.69, 9.17) is 11.6 Å². The summed E-state index contributed by atoms with van der Waals surface area (Å²) in [6.07, 6.45) is 0.319. The summed E-state index contributed by atoms with van der Waals surface area (Å²) in [6, 6.07) is 16.0. The van der Waals surface area contributed by atoms with Crippen LogP contribution in [0, 0.1) is 12.8 Å². The van der Waals surface area contributed by atoms with Crippen LogP contribution in [0.3, 0.4) is 0 Å². The number of carbonyl (C=O) groups excluding carboxylic acids is 2. The van der Waals surface area contributed by atoms with E-state index in [0.717, 1.165) is 29.4 Å². The van der Waals surface area contributed by atoms with Gasteiger partial charge in [0.1, 0.15) is 0 Å². The van der Waals surface area contributed by atoms with E-state index in [-0.39, 0.29) is 17.7 Å². The number of benzene rings is 2. The lowest BCUT2D eigenvalue weighted by atomic mass is 10.1. The summed E-state index contributed by atoms with van der Waals surface area (Å²) < 4.78 is 0. The first kappa shape index (κ1) is 19.8. The van der Waals surface area contributed by atoms with Crippen LogP contribution in [0.25, 0.3) is 0 Å². The molecule has 4 rings (SSSR count). The number of piperazine rings is 1. The first-order valence-electron chi connectivity index (χ1n) is 10.1. The standard InChI is InChI=1S/C23H26ClN3O2/c1-17-5-7-18(8-6-17)15-27-16-19(13-22(27)28)23(29)26-11-9-25(10-12-26)21-4-2-3-20(24)14-21/h2-8,14,19H,9-13,15-16H2,1H3. The van der Waals surface area contributed by atoms with Gasteiger partial charge in [-0.15, -0.1) is 0 Å². The summed E-state index contributed by atoms with van der Waals surface area (Å²) in [5.41, 5.74) is 3.39. The molecule has 2 aromatic rings. The van der Waals surface area contributed by atoms with Gasteiger partial charge in [0.05, 0.1) is 5.92 Å². The summed E-state index contributed by atoms with van der Waals surface area (Å²) in [7, 11) is 0. The van der Waals surface area contributed by atoms with Crippen molar-refractivity contribution in [2.75, 3.05) is 37.6 Å². The molecule has 2 fully saturated rings. The van der Waals surface area contributed by atoms with Crippen molar-refractivity contribution in [3.63, 3.8) is 0 Å². The van der Waals surface area contributed by atoms with Crippen LogP contribution in [0.2, 0.25) is 5.02 Å². The van der Waals surface area contributed by atoms with Crippen LogP contribution in [-0.4, -0.2) is 54.3 Å². The Morgan fingerprint density at radius 2 is 1.79 bits per heavy atom. The van der Waals surface area contributed by atoms with Crippen molar-refractivity contribution in [2.24, 2.45) is 5.92 Å². The topological polar surface area (TPSA) is 43.9 Å². The second kappa shape index (κ2) is 8.46. The average molecular weight is 412 g/mol. The fourth-order valence-electron chi connectivity index (χ4n) is 4.12. The van der Waals surface area contributed by atoms with E-state index >= 15 is 0 Å².